The van der Waals surface area contributed by atoms with Crippen molar-refractivity contribution in [2.45, 2.75) is 13.3 Å². The summed E-state index contributed by atoms with van der Waals surface area (Å²) in [5, 5.41) is 0. The van der Waals surface area contributed by atoms with Crippen LogP contribution in [0, 0.1) is 0 Å². The number of esters is 1. The van der Waals surface area contributed by atoms with Crippen molar-refractivity contribution in [1.82, 2.24) is 0 Å². The molecule has 0 atom stereocenters. The zero-order valence-corrected chi connectivity index (χ0v) is 12.7. The minimum absolute atomic E-state index is 0.102. The van der Waals surface area contributed by atoms with Crippen molar-refractivity contribution in [2.24, 2.45) is 0 Å². The lowest BCUT2D eigenvalue weighted by molar-refractivity contribution is -0.910. The van der Waals surface area contributed by atoms with Crippen LogP contribution in [0.3, 0.4) is 0 Å². The Morgan fingerprint density at radius 2 is 1.85 bits per heavy atom. The lowest BCUT2D eigenvalue weighted by atomic mass is 10.2. The summed E-state index contributed by atoms with van der Waals surface area (Å²) in [6, 6.07) is 0. The van der Waals surface area contributed by atoms with E-state index < -0.39 is 15.9 Å². The van der Waals surface area contributed by atoms with Crippen molar-refractivity contribution in [2.75, 3.05) is 38.5 Å². The molecule has 7 heteroatoms. The van der Waals surface area contributed by atoms with Crippen molar-refractivity contribution in [1.29, 1.82) is 0 Å². The van der Waals surface area contributed by atoms with Crippen molar-refractivity contribution < 1.29 is 27.0 Å². The average Bonchev–Trinajstić information content (AvgIpc) is 2.27. The van der Waals surface area contributed by atoms with Crippen LogP contribution in [0.15, 0.2) is 25.3 Å². The summed E-state index contributed by atoms with van der Waals surface area (Å²) >= 11 is 0. The molecule has 0 fully saturated rings. The molecule has 116 valence electrons. The van der Waals surface area contributed by atoms with Crippen LogP contribution in [0.5, 0.6) is 0 Å². The van der Waals surface area contributed by atoms with Gasteiger partial charge in [0.15, 0.2) is 6.54 Å². The van der Waals surface area contributed by atoms with Crippen LogP contribution in [0.2, 0.25) is 0 Å². The molecule has 0 saturated heterocycles. The molecule has 0 aliphatic heterocycles. The van der Waals surface area contributed by atoms with Gasteiger partial charge in [0.05, 0.1) is 36.4 Å². The summed E-state index contributed by atoms with van der Waals surface area (Å²) < 4.78 is 37.2. The lowest BCUT2D eigenvalue weighted by Crippen LogP contribution is -2.52. The molecule has 0 bridgehead atoms. The number of nitrogens with zero attached hydrogens (tertiary/aromatic N) is 1. The molecule has 0 aromatic rings. The normalized spacial score (nSPS) is 11.9. The molecule has 0 aliphatic rings. The van der Waals surface area contributed by atoms with E-state index in [1.54, 1.807) is 19.1 Å². The minimum atomic E-state index is -4.24. The summed E-state index contributed by atoms with van der Waals surface area (Å²) in [7, 11) is -4.24. The van der Waals surface area contributed by atoms with Gasteiger partial charge >= 0.3 is 5.97 Å². The maximum Gasteiger partial charge on any atom is 0.361 e. The van der Waals surface area contributed by atoms with E-state index in [4.69, 9.17) is 4.74 Å². The molecule has 0 rings (SSSR count). The van der Waals surface area contributed by atoms with Crippen LogP contribution in [0.25, 0.3) is 0 Å². The predicted molar refractivity (Wildman–Crippen MR) is 75.9 cm³/mol. The van der Waals surface area contributed by atoms with Crippen LogP contribution in [-0.2, 0) is 19.6 Å². The zero-order chi connectivity index (χ0) is 15.6. The number of carbonyl (C=O) groups is 1. The third-order valence-corrected chi connectivity index (χ3v) is 3.62. The molecule has 0 saturated carbocycles. The van der Waals surface area contributed by atoms with Gasteiger partial charge < -0.3 is 13.8 Å². The van der Waals surface area contributed by atoms with E-state index in [1.807, 2.05) is 0 Å². The Morgan fingerprint density at radius 1 is 1.30 bits per heavy atom. The maximum absolute atomic E-state index is 11.7. The van der Waals surface area contributed by atoms with E-state index in [9.17, 15) is 17.8 Å². The van der Waals surface area contributed by atoms with Crippen molar-refractivity contribution >= 4 is 16.1 Å². The quantitative estimate of drug-likeness (QED) is 0.242. The first-order valence-electron chi connectivity index (χ1n) is 6.44. The number of quaternary nitrogens is 1. The molecule has 0 spiro atoms. The van der Waals surface area contributed by atoms with Gasteiger partial charge in [-0.15, -0.1) is 0 Å². The van der Waals surface area contributed by atoms with Crippen LogP contribution < -0.4 is 0 Å². The number of hydrogen-bond donors (Lipinski definition) is 0. The highest BCUT2D eigenvalue weighted by molar-refractivity contribution is 7.85. The first kappa shape index (κ1) is 18.8. The first-order valence-corrected chi connectivity index (χ1v) is 8.02. The highest BCUT2D eigenvalue weighted by Crippen LogP contribution is 2.11. The Balaban J connectivity index is 4.85. The fourth-order valence-electron chi connectivity index (χ4n) is 2.07. The Morgan fingerprint density at radius 3 is 2.25 bits per heavy atom. The Labute approximate surface area is 121 Å². The minimum Gasteiger partial charge on any atom is -0.748 e. The van der Waals surface area contributed by atoms with Crippen LogP contribution in [0.4, 0.5) is 0 Å². The highest BCUT2D eigenvalue weighted by Gasteiger charge is 2.28. The molecule has 0 aromatic heterocycles. The third kappa shape index (κ3) is 8.08. The van der Waals surface area contributed by atoms with E-state index >= 15 is 0 Å². The molecule has 0 heterocycles. The zero-order valence-electron chi connectivity index (χ0n) is 11.9. The van der Waals surface area contributed by atoms with Crippen LogP contribution >= 0.6 is 0 Å². The molecule has 20 heavy (non-hydrogen) atoms. The van der Waals surface area contributed by atoms with E-state index in [-0.39, 0.29) is 30.0 Å². The van der Waals surface area contributed by atoms with E-state index in [0.29, 0.717) is 19.6 Å². The molecule has 0 N–H and O–H groups in total. The highest BCUT2D eigenvalue weighted by atomic mass is 32.2. The molecular weight excluding hydrogens is 282 g/mol. The Hall–Kier alpha value is -1.18. The molecule has 0 radical (unpaired) electrons. The standard InChI is InChI=1S/C13H23NO5S/c1-4-8-14(9-5-2,12-13(15)19-6-3)10-7-11-20(16,17)18/h4-5H,1-2,6-12H2,3H3. The monoisotopic (exact) mass is 305 g/mol. The van der Waals surface area contributed by atoms with E-state index in [0.717, 1.165) is 0 Å². The second-order valence-corrected chi connectivity index (χ2v) is 6.11. The van der Waals surface area contributed by atoms with E-state index in [1.165, 1.54) is 0 Å². The molecule has 0 aromatic carbocycles. The Kier molecular flexibility index (Phi) is 8.36. The summed E-state index contributed by atoms with van der Waals surface area (Å²) in [5.41, 5.74) is 0. The SMILES string of the molecule is C=CC[N+](CC=C)(CCCS(=O)(=O)[O-])CC(=O)OCC. The van der Waals surface area contributed by atoms with Crippen molar-refractivity contribution in [3.8, 4) is 0 Å². The summed E-state index contributed by atoms with van der Waals surface area (Å²) in [6.07, 6.45) is 3.51. The second kappa shape index (κ2) is 8.89. The van der Waals surface area contributed by atoms with Gasteiger partial charge in [-0.25, -0.2) is 13.2 Å². The summed E-state index contributed by atoms with van der Waals surface area (Å²) in [5.74, 6) is -0.800. The first-order chi connectivity index (χ1) is 9.28. The van der Waals surface area contributed by atoms with Crippen molar-refractivity contribution in [3.05, 3.63) is 25.3 Å². The van der Waals surface area contributed by atoms with Gasteiger partial charge in [-0.2, -0.15) is 0 Å². The van der Waals surface area contributed by atoms with E-state index in [2.05, 4.69) is 13.2 Å². The van der Waals surface area contributed by atoms with Gasteiger partial charge in [0.25, 0.3) is 0 Å². The fourth-order valence-corrected chi connectivity index (χ4v) is 2.55. The topological polar surface area (TPSA) is 83.5 Å². The molecule has 0 amide bonds. The summed E-state index contributed by atoms with van der Waals surface area (Å²) in [6.45, 7) is 10.7. The van der Waals surface area contributed by atoms with Gasteiger partial charge in [0.1, 0.15) is 0 Å². The number of carbonyl (C=O) groups excluding carboxylic acids is 1. The maximum atomic E-state index is 11.7. The predicted octanol–water partition coefficient (Wildman–Crippen LogP) is 0.674. The van der Waals surface area contributed by atoms with Gasteiger partial charge in [0, 0.05) is 12.2 Å². The van der Waals surface area contributed by atoms with Crippen LogP contribution in [0.1, 0.15) is 13.3 Å². The van der Waals surface area contributed by atoms with Crippen LogP contribution in [-0.4, -0.2) is 62.0 Å². The largest absolute Gasteiger partial charge is 0.748 e. The number of hydrogen-bond acceptors (Lipinski definition) is 5. The molecule has 0 aliphatic carbocycles. The average molecular weight is 305 g/mol. The second-order valence-electron chi connectivity index (χ2n) is 4.59. The van der Waals surface area contributed by atoms with Gasteiger partial charge in [-0.1, -0.05) is 13.2 Å². The van der Waals surface area contributed by atoms with Gasteiger partial charge in [-0.05, 0) is 19.1 Å². The third-order valence-electron chi connectivity index (χ3n) is 2.83. The smallest absolute Gasteiger partial charge is 0.361 e. The van der Waals surface area contributed by atoms with Gasteiger partial charge in [0.2, 0.25) is 0 Å². The van der Waals surface area contributed by atoms with Gasteiger partial charge in [-0.3, -0.25) is 0 Å². The fraction of sp³-hybridized carbons (Fsp3) is 0.615. The molecule has 6 nitrogen and oxygen atoms in total. The number of ether oxygens (including phenoxy) is 1. The molecule has 0 unspecified atom stereocenters. The number of rotatable bonds is 11. The Bertz CT molecular complexity index is 420. The lowest BCUT2D eigenvalue weighted by Gasteiger charge is -2.36. The molecular formula is C13H23NO5S. The summed E-state index contributed by atoms with van der Waals surface area (Å²) in [4.78, 5) is 11.7. The van der Waals surface area contributed by atoms with Crippen molar-refractivity contribution in [3.63, 3.8) is 0 Å².